The highest BCUT2D eigenvalue weighted by molar-refractivity contribution is 4.88. The van der Waals surface area contributed by atoms with Crippen molar-refractivity contribution in [3.63, 3.8) is 0 Å². The van der Waals surface area contributed by atoms with Crippen molar-refractivity contribution in [1.29, 1.82) is 0 Å². The second-order valence-corrected chi connectivity index (χ2v) is 1.97. The van der Waals surface area contributed by atoms with Crippen LogP contribution in [-0.4, -0.2) is 40.1 Å². The van der Waals surface area contributed by atoms with Crippen LogP contribution in [0.4, 0.5) is 0 Å². The third kappa shape index (κ3) is 75.0. The van der Waals surface area contributed by atoms with Crippen molar-refractivity contribution in [2.75, 3.05) is 19.8 Å². The van der Waals surface area contributed by atoms with E-state index in [1.807, 2.05) is 18.2 Å². The van der Waals surface area contributed by atoms with E-state index in [4.69, 9.17) is 15.3 Å². The van der Waals surface area contributed by atoms with Crippen LogP contribution in [-0.2, 0) is 0 Å². The van der Waals surface area contributed by atoms with Gasteiger partial charge in [-0.3, -0.25) is 4.98 Å². The molecule has 1 rings (SSSR count). The zero-order chi connectivity index (χ0) is 12.4. The number of hydrogen-bond donors (Lipinski definition) is 4. The fourth-order valence-corrected chi connectivity index (χ4v) is 0.313. The van der Waals surface area contributed by atoms with E-state index in [0.29, 0.717) is 0 Å². The Morgan fingerprint density at radius 2 is 1.00 bits per heavy atom. The molecule has 1 aromatic rings. The average Bonchev–Trinajstić information content (AvgIpc) is 2.24. The first-order valence-corrected chi connectivity index (χ1v) is 4.92. The van der Waals surface area contributed by atoms with Gasteiger partial charge >= 0.3 is 0 Å². The van der Waals surface area contributed by atoms with Crippen molar-refractivity contribution in [3.05, 3.63) is 30.6 Å². The maximum Gasteiger partial charge on any atom is 0.0402 e. The number of hydrogen-bond acceptors (Lipinski definition) is 5. The van der Waals surface area contributed by atoms with E-state index in [9.17, 15) is 0 Å². The molecule has 0 bridgehead atoms. The van der Waals surface area contributed by atoms with E-state index in [1.165, 1.54) is 0 Å². The second-order valence-electron chi connectivity index (χ2n) is 1.97. The molecule has 1 heterocycles. The predicted octanol–water partition coefficient (Wildman–Crippen LogP) is 1.24. The van der Waals surface area contributed by atoms with E-state index >= 15 is 0 Å². The van der Waals surface area contributed by atoms with Crippen LogP contribution in [0.3, 0.4) is 0 Å². The zero-order valence-corrected chi connectivity index (χ0v) is 10.5. The van der Waals surface area contributed by atoms with Crippen molar-refractivity contribution < 1.29 is 15.3 Å². The highest BCUT2D eigenvalue weighted by atomic mass is 16.3. The molecule has 0 aliphatic rings. The van der Waals surface area contributed by atoms with Crippen LogP contribution >= 0.6 is 0 Å². The van der Waals surface area contributed by atoms with Crippen LogP contribution in [0.25, 0.3) is 0 Å². The number of aromatic nitrogens is 1. The molecule has 1 aromatic heterocycles. The summed E-state index contributed by atoms with van der Waals surface area (Å²) < 4.78 is 0. The summed E-state index contributed by atoms with van der Waals surface area (Å²) in [6.45, 7) is 5.79. The molecule has 0 aromatic carbocycles. The van der Waals surface area contributed by atoms with Gasteiger partial charge in [-0.2, -0.15) is 0 Å². The summed E-state index contributed by atoms with van der Waals surface area (Å²) >= 11 is 0. The third-order valence-electron chi connectivity index (χ3n) is 0.566. The lowest BCUT2D eigenvalue weighted by molar-refractivity contribution is 0.318. The third-order valence-corrected chi connectivity index (χ3v) is 0.566. The Hall–Kier alpha value is -1.01. The number of nitrogens with zero attached hydrogens (tertiary/aromatic N) is 1. The molecule has 0 atom stereocenters. The number of pyridine rings is 1. The lowest BCUT2D eigenvalue weighted by Gasteiger charge is -1.70. The first-order chi connectivity index (χ1) is 7.24. The number of rotatable bonds is 0. The molecule has 0 saturated heterocycles. The molecule has 0 unspecified atom stereocenters. The van der Waals surface area contributed by atoms with Crippen LogP contribution < -0.4 is 6.15 Å². The fraction of sp³-hybridized carbons (Fsp3) is 0.545. The highest BCUT2D eigenvalue weighted by Crippen LogP contribution is 1.73. The van der Waals surface area contributed by atoms with Gasteiger partial charge in [0.05, 0.1) is 0 Å². The Kier molecular flexibility index (Phi) is 56.1. The summed E-state index contributed by atoms with van der Waals surface area (Å²) in [7, 11) is 0. The van der Waals surface area contributed by atoms with E-state index in [-0.39, 0.29) is 26.0 Å². The summed E-state index contributed by atoms with van der Waals surface area (Å²) in [6.07, 6.45) is 3.50. The van der Waals surface area contributed by atoms with Crippen LogP contribution in [0.5, 0.6) is 0 Å². The van der Waals surface area contributed by atoms with Crippen LogP contribution in [0, 0.1) is 0 Å². The quantitative estimate of drug-likeness (QED) is 0.540. The molecular formula is C11H26N2O3. The van der Waals surface area contributed by atoms with Crippen molar-refractivity contribution in [2.24, 2.45) is 0 Å². The molecule has 0 spiro atoms. The molecule has 0 saturated carbocycles. The summed E-state index contributed by atoms with van der Waals surface area (Å²) in [5.41, 5.74) is 0. The first kappa shape index (κ1) is 24.3. The van der Waals surface area contributed by atoms with Crippen molar-refractivity contribution in [3.8, 4) is 0 Å². The van der Waals surface area contributed by atoms with Gasteiger partial charge in [0.2, 0.25) is 0 Å². The molecule has 98 valence electrons. The maximum absolute atomic E-state index is 7.57. The van der Waals surface area contributed by atoms with Gasteiger partial charge in [-0.1, -0.05) is 6.07 Å². The summed E-state index contributed by atoms with van der Waals surface area (Å²) in [4.78, 5) is 3.78. The summed E-state index contributed by atoms with van der Waals surface area (Å²) in [5.74, 6) is 0. The van der Waals surface area contributed by atoms with Gasteiger partial charge in [-0.15, -0.1) is 0 Å². The molecule has 0 aliphatic carbocycles. The lowest BCUT2D eigenvalue weighted by Crippen LogP contribution is -1.58. The van der Waals surface area contributed by atoms with Gasteiger partial charge in [0.15, 0.2) is 0 Å². The molecule has 0 radical (unpaired) electrons. The van der Waals surface area contributed by atoms with Crippen molar-refractivity contribution in [1.82, 2.24) is 11.1 Å². The van der Waals surface area contributed by atoms with Gasteiger partial charge in [-0.25, -0.2) is 0 Å². The molecule has 5 heteroatoms. The minimum atomic E-state index is 0. The first-order valence-electron chi connectivity index (χ1n) is 4.92. The molecule has 6 N–H and O–H groups in total. The minimum absolute atomic E-state index is 0. The molecule has 5 nitrogen and oxygen atoms in total. The maximum atomic E-state index is 7.57. The Morgan fingerprint density at radius 3 is 1.06 bits per heavy atom. The Bertz CT molecular complexity index is 120. The molecule has 0 amide bonds. The lowest BCUT2D eigenvalue weighted by atomic mass is 10.5. The monoisotopic (exact) mass is 234 g/mol. The number of aliphatic hydroxyl groups excluding tert-OH is 3. The molecule has 0 fully saturated rings. The van der Waals surface area contributed by atoms with E-state index < -0.39 is 0 Å². The summed E-state index contributed by atoms with van der Waals surface area (Å²) in [5, 5.41) is 22.7. The average molecular weight is 234 g/mol. The molecular weight excluding hydrogens is 208 g/mol. The van der Waals surface area contributed by atoms with Gasteiger partial charge in [0.25, 0.3) is 0 Å². The number of aliphatic hydroxyl groups is 3. The predicted molar refractivity (Wildman–Crippen MR) is 67.5 cm³/mol. The minimum Gasteiger partial charge on any atom is -0.397 e. The SMILES string of the molecule is CCO.CCO.CCO.N.c1ccncc1. The van der Waals surface area contributed by atoms with Crippen molar-refractivity contribution in [2.45, 2.75) is 20.8 Å². The summed E-state index contributed by atoms with van der Waals surface area (Å²) in [6, 6.07) is 5.72. The Labute approximate surface area is 98.4 Å². The van der Waals surface area contributed by atoms with Crippen molar-refractivity contribution >= 4 is 0 Å². The second kappa shape index (κ2) is 37.0. The fourth-order valence-electron chi connectivity index (χ4n) is 0.313. The standard InChI is InChI=1S/C5H5N.3C2H6O.H3N/c1-2-4-6-5-3-1;3*1-2-3;/h1-5H;3*3H,2H2,1H3;1H3. The normalized spacial score (nSPS) is 6.38. The largest absolute Gasteiger partial charge is 0.397 e. The molecule has 16 heavy (non-hydrogen) atoms. The topological polar surface area (TPSA) is 109 Å². The Morgan fingerprint density at radius 1 is 0.750 bits per heavy atom. The van der Waals surface area contributed by atoms with Gasteiger partial charge in [0, 0.05) is 32.2 Å². The smallest absolute Gasteiger partial charge is 0.0402 e. The van der Waals surface area contributed by atoms with E-state index in [0.717, 1.165) is 0 Å². The zero-order valence-electron chi connectivity index (χ0n) is 10.5. The van der Waals surface area contributed by atoms with Crippen LogP contribution in [0.1, 0.15) is 20.8 Å². The highest BCUT2D eigenvalue weighted by Gasteiger charge is 1.58. The van der Waals surface area contributed by atoms with Gasteiger partial charge in [-0.05, 0) is 32.9 Å². The van der Waals surface area contributed by atoms with E-state index in [2.05, 4.69) is 4.98 Å². The molecule has 0 aliphatic heterocycles. The van der Waals surface area contributed by atoms with Gasteiger partial charge < -0.3 is 21.5 Å². The van der Waals surface area contributed by atoms with Crippen LogP contribution in [0.15, 0.2) is 30.6 Å². The Balaban J connectivity index is -0.0000000637. The van der Waals surface area contributed by atoms with Gasteiger partial charge in [0.1, 0.15) is 0 Å². The van der Waals surface area contributed by atoms with E-state index in [1.54, 1.807) is 33.2 Å². The van der Waals surface area contributed by atoms with Crippen LogP contribution in [0.2, 0.25) is 0 Å².